The average Bonchev–Trinajstić information content (AvgIpc) is 2.85. The van der Waals surface area contributed by atoms with Gasteiger partial charge in [-0.25, -0.2) is 9.11 Å². The third-order valence-electron chi connectivity index (χ3n) is 3.41. The summed E-state index contributed by atoms with van der Waals surface area (Å²) in [6, 6.07) is 0.898. The Kier molecular flexibility index (Phi) is 7.47. The number of aromatic amines is 2. The zero-order chi connectivity index (χ0) is 21.1. The molecular weight excluding hydrogens is 428 g/mol. The third kappa shape index (κ3) is 6.14. The molecule has 1 fully saturated rings. The summed E-state index contributed by atoms with van der Waals surface area (Å²) >= 11 is 0. The first kappa shape index (κ1) is 23.1. The van der Waals surface area contributed by atoms with Crippen LogP contribution in [0.4, 0.5) is 0 Å². The second-order valence-corrected chi connectivity index (χ2v) is 8.47. The Hall–Kier alpha value is -1.22. The van der Waals surface area contributed by atoms with E-state index in [1.165, 1.54) is 0 Å². The van der Waals surface area contributed by atoms with Crippen molar-refractivity contribution in [1.29, 1.82) is 0 Å². The van der Waals surface area contributed by atoms with E-state index in [9.17, 15) is 38.7 Å². The van der Waals surface area contributed by atoms with Crippen LogP contribution in [0, 0.1) is 0 Å². The molecular formula is C11H17N3O12P2-2. The van der Waals surface area contributed by atoms with Gasteiger partial charge in [-0.1, -0.05) is 0 Å². The number of aliphatic hydroxyl groups is 2. The molecule has 1 aliphatic heterocycles. The minimum Gasteiger partial charge on any atom is -0.756 e. The van der Waals surface area contributed by atoms with Crippen LogP contribution in [0.5, 0.6) is 0 Å². The van der Waals surface area contributed by atoms with Gasteiger partial charge in [0.15, 0.2) is 0 Å². The highest BCUT2D eigenvalue weighted by atomic mass is 31.3. The minimum absolute atomic E-state index is 0.177. The van der Waals surface area contributed by atoms with Crippen molar-refractivity contribution >= 4 is 15.6 Å². The van der Waals surface area contributed by atoms with Gasteiger partial charge < -0.3 is 44.5 Å². The molecule has 28 heavy (non-hydrogen) atoms. The van der Waals surface area contributed by atoms with Gasteiger partial charge in [0.25, 0.3) is 21.2 Å². The molecule has 17 heteroatoms. The van der Waals surface area contributed by atoms with Crippen molar-refractivity contribution in [3.63, 3.8) is 0 Å². The number of hydrogen-bond acceptors (Lipinski definition) is 13. The van der Waals surface area contributed by atoms with Gasteiger partial charge in [-0.15, -0.1) is 0 Å². The number of nitrogens with two attached hydrogens (primary N) is 1. The fourth-order valence-corrected chi connectivity index (χ4v) is 4.30. The first-order chi connectivity index (χ1) is 12.9. The van der Waals surface area contributed by atoms with E-state index in [0.717, 1.165) is 6.07 Å². The van der Waals surface area contributed by atoms with Crippen molar-refractivity contribution in [2.24, 2.45) is 5.73 Å². The van der Waals surface area contributed by atoms with E-state index in [-0.39, 0.29) is 12.2 Å². The van der Waals surface area contributed by atoms with Gasteiger partial charge in [-0.05, 0) is 0 Å². The van der Waals surface area contributed by atoms with Crippen LogP contribution in [0.25, 0.3) is 0 Å². The van der Waals surface area contributed by atoms with Gasteiger partial charge >= 0.3 is 5.69 Å². The molecule has 6 atom stereocenters. The normalized spacial score (nSPS) is 29.3. The van der Waals surface area contributed by atoms with E-state index < -0.39 is 64.5 Å². The van der Waals surface area contributed by atoms with Crippen LogP contribution in [-0.2, 0) is 27.2 Å². The summed E-state index contributed by atoms with van der Waals surface area (Å²) < 4.78 is 40.4. The SMILES string of the molecule is NCCOP(=O)([O-])OP(=O)([O-])OCC1OC(c2cc(=O)[nH]c(=O)[nH]2)C(O)C1O. The number of H-pyrrole nitrogens is 2. The summed E-state index contributed by atoms with van der Waals surface area (Å²) in [7, 11) is -10.7. The van der Waals surface area contributed by atoms with E-state index in [1.54, 1.807) is 0 Å². The first-order valence-corrected chi connectivity index (χ1v) is 10.5. The fourth-order valence-electron chi connectivity index (χ4n) is 2.28. The smallest absolute Gasteiger partial charge is 0.325 e. The van der Waals surface area contributed by atoms with Gasteiger partial charge in [-0.2, -0.15) is 0 Å². The van der Waals surface area contributed by atoms with Crippen molar-refractivity contribution in [2.75, 3.05) is 19.8 Å². The van der Waals surface area contributed by atoms with Gasteiger partial charge in [0, 0.05) is 12.6 Å². The van der Waals surface area contributed by atoms with Gasteiger partial charge in [-0.3, -0.25) is 18.9 Å². The molecule has 0 spiro atoms. The quantitative estimate of drug-likeness (QED) is 0.229. The van der Waals surface area contributed by atoms with E-state index in [0.29, 0.717) is 0 Å². The molecule has 2 rings (SSSR count). The fraction of sp³-hybridized carbons (Fsp3) is 0.636. The molecule has 0 saturated carbocycles. The lowest BCUT2D eigenvalue weighted by molar-refractivity contribution is -0.245. The molecule has 1 saturated heterocycles. The predicted molar refractivity (Wildman–Crippen MR) is 84.6 cm³/mol. The molecule has 0 aromatic carbocycles. The molecule has 0 radical (unpaired) electrons. The Bertz CT molecular complexity index is 858. The number of aromatic nitrogens is 2. The summed E-state index contributed by atoms with van der Waals surface area (Å²) in [6.45, 7) is -1.68. The zero-order valence-corrected chi connectivity index (χ0v) is 15.7. The van der Waals surface area contributed by atoms with Crippen LogP contribution < -0.4 is 26.8 Å². The van der Waals surface area contributed by atoms with Crippen LogP contribution in [-0.4, -0.2) is 58.3 Å². The van der Waals surface area contributed by atoms with Gasteiger partial charge in [0.1, 0.15) is 24.4 Å². The third-order valence-corrected chi connectivity index (χ3v) is 5.98. The minimum atomic E-state index is -5.44. The maximum atomic E-state index is 11.6. The molecule has 1 aliphatic rings. The summed E-state index contributed by atoms with van der Waals surface area (Å²) in [6.07, 6.45) is -6.20. The topological polar surface area (TPSA) is 249 Å². The summed E-state index contributed by atoms with van der Waals surface area (Å²) in [5.74, 6) is 0. The van der Waals surface area contributed by atoms with Gasteiger partial charge in [0.05, 0.1) is 18.9 Å². The maximum absolute atomic E-state index is 11.6. The Morgan fingerprint density at radius 1 is 1.14 bits per heavy atom. The summed E-state index contributed by atoms with van der Waals surface area (Å²) in [5.41, 5.74) is 3.15. The van der Waals surface area contributed by atoms with Crippen molar-refractivity contribution in [3.05, 3.63) is 32.6 Å². The monoisotopic (exact) mass is 445 g/mol. The highest BCUT2D eigenvalue weighted by Gasteiger charge is 2.44. The predicted octanol–water partition coefficient (Wildman–Crippen LogP) is -3.83. The molecule has 0 amide bonds. The standard InChI is InChI=1S/C11H19N3O12P2/c12-1-2-23-27(19,20)26-28(21,22)24-4-6-8(16)9(17)10(25-6)5-3-7(15)14-11(18)13-5/h3,6,8-10,16-17H,1-2,4,12H2,(H,19,20)(H,21,22)(H2,13,14,15,18)/p-2. The Morgan fingerprint density at radius 2 is 1.79 bits per heavy atom. The number of rotatable bonds is 9. The number of hydrogen-bond donors (Lipinski definition) is 5. The van der Waals surface area contributed by atoms with E-state index >= 15 is 0 Å². The van der Waals surface area contributed by atoms with Crippen LogP contribution in [0.2, 0.25) is 0 Å². The van der Waals surface area contributed by atoms with E-state index in [2.05, 4.69) is 18.3 Å². The lowest BCUT2D eigenvalue weighted by atomic mass is 10.1. The number of phosphoric acid groups is 2. The second kappa shape index (κ2) is 9.07. The first-order valence-electron chi connectivity index (χ1n) is 7.62. The second-order valence-electron chi connectivity index (χ2n) is 5.51. The molecule has 2 heterocycles. The van der Waals surface area contributed by atoms with Crippen molar-refractivity contribution in [1.82, 2.24) is 9.97 Å². The van der Waals surface area contributed by atoms with Crippen LogP contribution in [0.15, 0.2) is 15.7 Å². The molecule has 1 aromatic heterocycles. The molecule has 0 aliphatic carbocycles. The number of phosphoric ester groups is 2. The van der Waals surface area contributed by atoms with Crippen molar-refractivity contribution in [3.8, 4) is 0 Å². The zero-order valence-electron chi connectivity index (χ0n) is 14.0. The molecule has 6 unspecified atom stereocenters. The summed E-state index contributed by atoms with van der Waals surface area (Å²) in [4.78, 5) is 49.6. The summed E-state index contributed by atoms with van der Waals surface area (Å²) in [5, 5.41) is 20.0. The highest BCUT2D eigenvalue weighted by molar-refractivity contribution is 7.59. The highest BCUT2D eigenvalue weighted by Crippen LogP contribution is 2.55. The number of aliphatic hydroxyl groups excluding tert-OH is 2. The Balaban J connectivity index is 2.02. The number of nitrogens with one attached hydrogen (secondary N) is 2. The largest absolute Gasteiger partial charge is 0.756 e. The van der Waals surface area contributed by atoms with E-state index in [1.807, 2.05) is 4.98 Å². The van der Waals surface area contributed by atoms with Gasteiger partial charge in [0.2, 0.25) is 0 Å². The lowest BCUT2D eigenvalue weighted by Gasteiger charge is -2.31. The van der Waals surface area contributed by atoms with Crippen LogP contribution in [0.1, 0.15) is 11.8 Å². The lowest BCUT2D eigenvalue weighted by Crippen LogP contribution is -2.34. The molecule has 0 bridgehead atoms. The van der Waals surface area contributed by atoms with Crippen molar-refractivity contribution < 1.29 is 47.2 Å². The Morgan fingerprint density at radius 3 is 2.39 bits per heavy atom. The van der Waals surface area contributed by atoms with Crippen molar-refractivity contribution in [2.45, 2.75) is 24.4 Å². The average molecular weight is 445 g/mol. The van der Waals surface area contributed by atoms with Crippen LogP contribution >= 0.6 is 15.6 Å². The molecule has 6 N–H and O–H groups in total. The molecule has 1 aromatic rings. The molecule has 160 valence electrons. The Labute approximate surface area is 156 Å². The number of ether oxygens (including phenoxy) is 1. The van der Waals surface area contributed by atoms with Crippen LogP contribution in [0.3, 0.4) is 0 Å². The maximum Gasteiger partial charge on any atom is 0.325 e. The molecule has 15 nitrogen and oxygen atoms in total. The van der Waals surface area contributed by atoms with E-state index in [4.69, 9.17) is 10.5 Å².